The molecule has 0 aliphatic carbocycles. The van der Waals surface area contributed by atoms with Gasteiger partial charge >= 0.3 is 0 Å². The molecule has 2 aliphatic heterocycles. The molecule has 2 atom stereocenters. The van der Waals surface area contributed by atoms with E-state index in [2.05, 4.69) is 28.9 Å². The van der Waals surface area contributed by atoms with E-state index >= 15 is 0 Å². The first kappa shape index (κ1) is 20.3. The lowest BCUT2D eigenvalue weighted by Gasteiger charge is -2.39. The maximum Gasteiger partial charge on any atom is 0.233 e. The topological polar surface area (TPSA) is 76.6 Å². The maximum absolute atomic E-state index is 12.9. The molecular weight excluding hydrogens is 390 g/mol. The minimum Gasteiger partial charge on any atom is -0.467 e. The summed E-state index contributed by atoms with van der Waals surface area (Å²) in [5, 5.41) is 9.59. The number of nitrogens with zero attached hydrogens (tertiary/aromatic N) is 5. The Balaban J connectivity index is 1.50. The molecule has 0 saturated carbocycles. The van der Waals surface area contributed by atoms with Crippen molar-refractivity contribution in [2.45, 2.75) is 56.9 Å². The fourth-order valence-electron chi connectivity index (χ4n) is 4.20. The normalized spacial score (nSPS) is 22.8. The Kier molecular flexibility index (Phi) is 6.44. The summed E-state index contributed by atoms with van der Waals surface area (Å²) in [6.45, 7) is 7.76. The van der Waals surface area contributed by atoms with Gasteiger partial charge in [-0.15, -0.1) is 10.2 Å². The fourth-order valence-corrected chi connectivity index (χ4v) is 5.00. The van der Waals surface area contributed by atoms with E-state index in [-0.39, 0.29) is 5.91 Å². The van der Waals surface area contributed by atoms with Gasteiger partial charge in [0.25, 0.3) is 0 Å². The summed E-state index contributed by atoms with van der Waals surface area (Å²) in [6, 6.07) is 4.43. The smallest absolute Gasteiger partial charge is 0.233 e. The van der Waals surface area contributed by atoms with Gasteiger partial charge in [-0.05, 0) is 45.2 Å². The molecule has 1 amide bonds. The number of hydrogen-bond acceptors (Lipinski definition) is 7. The van der Waals surface area contributed by atoms with Gasteiger partial charge in [0, 0.05) is 25.2 Å². The van der Waals surface area contributed by atoms with Gasteiger partial charge in [0.2, 0.25) is 11.9 Å². The first-order chi connectivity index (χ1) is 14.1. The van der Waals surface area contributed by atoms with Crippen molar-refractivity contribution < 1.29 is 13.9 Å². The predicted octanol–water partition coefficient (Wildman–Crippen LogP) is 2.64. The zero-order chi connectivity index (χ0) is 20.2. The molecular formula is C20H29N5O3S. The zero-order valence-corrected chi connectivity index (χ0v) is 17.9. The number of anilines is 1. The Labute approximate surface area is 175 Å². The summed E-state index contributed by atoms with van der Waals surface area (Å²) in [5.41, 5.74) is 0. The Hall–Kier alpha value is -2.00. The van der Waals surface area contributed by atoms with Gasteiger partial charge in [-0.25, -0.2) is 0 Å². The van der Waals surface area contributed by atoms with Crippen molar-refractivity contribution in [3.8, 4) is 0 Å². The van der Waals surface area contributed by atoms with Crippen LogP contribution in [-0.2, 0) is 16.1 Å². The predicted molar refractivity (Wildman–Crippen MR) is 111 cm³/mol. The molecule has 0 aromatic carbocycles. The number of carbonyl (C=O) groups is 1. The highest BCUT2D eigenvalue weighted by Crippen LogP contribution is 2.27. The Morgan fingerprint density at radius 3 is 2.66 bits per heavy atom. The average Bonchev–Trinajstić information content (AvgIpc) is 3.37. The molecule has 2 saturated heterocycles. The van der Waals surface area contributed by atoms with Gasteiger partial charge in [0.05, 0.1) is 31.8 Å². The summed E-state index contributed by atoms with van der Waals surface area (Å²) < 4.78 is 13.1. The Bertz CT molecular complexity index is 793. The van der Waals surface area contributed by atoms with Crippen molar-refractivity contribution >= 4 is 23.6 Å². The van der Waals surface area contributed by atoms with Crippen molar-refractivity contribution in [3.05, 3.63) is 24.2 Å². The maximum atomic E-state index is 12.9. The highest BCUT2D eigenvalue weighted by molar-refractivity contribution is 7.99. The standard InChI is InChI=1S/C20H29N5O3S/c1-15-5-3-6-16(2)25(15)18(26)14-29-20-22-21-19(23-8-11-27-12-9-23)24(20)13-17-7-4-10-28-17/h4,7,10,15-16H,3,5-6,8-9,11-14H2,1-2H3/t15-,16-/m0/s1. The van der Waals surface area contributed by atoms with Crippen molar-refractivity contribution in [1.29, 1.82) is 0 Å². The number of ether oxygens (including phenoxy) is 1. The summed E-state index contributed by atoms with van der Waals surface area (Å²) in [6.07, 6.45) is 5.02. The van der Waals surface area contributed by atoms with E-state index in [1.54, 1.807) is 6.26 Å². The minimum atomic E-state index is 0.176. The van der Waals surface area contributed by atoms with Crippen molar-refractivity contribution in [3.63, 3.8) is 0 Å². The second-order valence-electron chi connectivity index (χ2n) is 7.77. The minimum absolute atomic E-state index is 0.176. The van der Waals surface area contributed by atoms with Gasteiger partial charge in [-0.1, -0.05) is 11.8 Å². The summed E-state index contributed by atoms with van der Waals surface area (Å²) in [4.78, 5) is 17.2. The largest absolute Gasteiger partial charge is 0.467 e. The van der Waals surface area contributed by atoms with Crippen LogP contribution in [0.5, 0.6) is 0 Å². The quantitative estimate of drug-likeness (QED) is 0.666. The summed E-state index contributed by atoms with van der Waals surface area (Å²) >= 11 is 1.46. The van der Waals surface area contributed by atoms with Crippen LogP contribution in [0.15, 0.2) is 28.0 Å². The number of piperidine rings is 1. The van der Waals surface area contributed by atoms with Gasteiger partial charge < -0.3 is 19.0 Å². The second-order valence-corrected chi connectivity index (χ2v) is 8.71. The second kappa shape index (κ2) is 9.21. The molecule has 4 heterocycles. The molecule has 2 aliphatic rings. The molecule has 4 rings (SSSR count). The number of hydrogen-bond donors (Lipinski definition) is 0. The van der Waals surface area contributed by atoms with Crippen LogP contribution in [0.4, 0.5) is 5.95 Å². The monoisotopic (exact) mass is 419 g/mol. The SMILES string of the molecule is C[C@H]1CCC[C@H](C)N1C(=O)CSc1nnc(N2CCOCC2)n1Cc1ccco1. The van der Waals surface area contributed by atoms with Gasteiger partial charge in [-0.3, -0.25) is 9.36 Å². The van der Waals surface area contributed by atoms with E-state index in [0.717, 1.165) is 42.8 Å². The van der Waals surface area contributed by atoms with Crippen LogP contribution in [0.2, 0.25) is 0 Å². The highest BCUT2D eigenvalue weighted by atomic mass is 32.2. The van der Waals surface area contributed by atoms with Crippen LogP contribution in [0.25, 0.3) is 0 Å². The number of thioether (sulfide) groups is 1. The van der Waals surface area contributed by atoms with Crippen LogP contribution in [-0.4, -0.2) is 69.7 Å². The molecule has 0 spiro atoms. The molecule has 2 fully saturated rings. The fraction of sp³-hybridized carbons (Fsp3) is 0.650. The average molecular weight is 420 g/mol. The van der Waals surface area contributed by atoms with Crippen LogP contribution in [0.1, 0.15) is 38.9 Å². The molecule has 0 bridgehead atoms. The van der Waals surface area contributed by atoms with Gasteiger partial charge in [0.1, 0.15) is 5.76 Å². The lowest BCUT2D eigenvalue weighted by atomic mass is 9.98. The van der Waals surface area contributed by atoms with E-state index in [1.807, 2.05) is 21.6 Å². The van der Waals surface area contributed by atoms with E-state index < -0.39 is 0 Å². The third-order valence-electron chi connectivity index (χ3n) is 5.69. The molecule has 8 nitrogen and oxygen atoms in total. The molecule has 0 radical (unpaired) electrons. The first-order valence-corrected chi connectivity index (χ1v) is 11.3. The third-order valence-corrected chi connectivity index (χ3v) is 6.64. The lowest BCUT2D eigenvalue weighted by Crippen LogP contribution is -2.48. The van der Waals surface area contributed by atoms with E-state index in [1.165, 1.54) is 18.2 Å². The first-order valence-electron chi connectivity index (χ1n) is 10.4. The van der Waals surface area contributed by atoms with Crippen LogP contribution < -0.4 is 4.90 Å². The van der Waals surface area contributed by atoms with Crippen molar-refractivity contribution in [1.82, 2.24) is 19.7 Å². The van der Waals surface area contributed by atoms with Crippen LogP contribution >= 0.6 is 11.8 Å². The number of carbonyl (C=O) groups excluding carboxylic acids is 1. The zero-order valence-electron chi connectivity index (χ0n) is 17.1. The number of likely N-dealkylation sites (tertiary alicyclic amines) is 1. The van der Waals surface area contributed by atoms with Crippen LogP contribution in [0, 0.1) is 0 Å². The number of amides is 1. The lowest BCUT2D eigenvalue weighted by molar-refractivity contribution is -0.134. The molecule has 158 valence electrons. The number of aromatic nitrogens is 3. The highest BCUT2D eigenvalue weighted by Gasteiger charge is 2.29. The van der Waals surface area contributed by atoms with E-state index in [9.17, 15) is 4.79 Å². The molecule has 2 aromatic rings. The number of rotatable bonds is 6. The van der Waals surface area contributed by atoms with Crippen LogP contribution in [0.3, 0.4) is 0 Å². The van der Waals surface area contributed by atoms with E-state index in [0.29, 0.717) is 37.6 Å². The number of furan rings is 1. The van der Waals surface area contributed by atoms with Crippen molar-refractivity contribution in [2.75, 3.05) is 37.0 Å². The summed E-state index contributed by atoms with van der Waals surface area (Å²) in [7, 11) is 0. The molecule has 0 N–H and O–H groups in total. The molecule has 29 heavy (non-hydrogen) atoms. The van der Waals surface area contributed by atoms with Gasteiger partial charge in [0.15, 0.2) is 5.16 Å². The molecule has 0 unspecified atom stereocenters. The Morgan fingerprint density at radius 1 is 1.21 bits per heavy atom. The van der Waals surface area contributed by atoms with Gasteiger partial charge in [-0.2, -0.15) is 0 Å². The number of morpholine rings is 1. The summed E-state index contributed by atoms with van der Waals surface area (Å²) in [5.74, 6) is 2.19. The van der Waals surface area contributed by atoms with Crippen molar-refractivity contribution in [2.24, 2.45) is 0 Å². The van der Waals surface area contributed by atoms with E-state index in [4.69, 9.17) is 9.15 Å². The molecule has 9 heteroatoms. The third kappa shape index (κ3) is 4.61. The molecule has 2 aromatic heterocycles. The Morgan fingerprint density at radius 2 is 1.97 bits per heavy atom.